The van der Waals surface area contributed by atoms with Crippen LogP contribution in [0.25, 0.3) is 0 Å². The van der Waals surface area contributed by atoms with E-state index in [1.54, 1.807) is 12.5 Å². The second kappa shape index (κ2) is 35.6. The number of aromatic nitrogens is 13. The lowest BCUT2D eigenvalue weighted by molar-refractivity contribution is 0.362. The van der Waals surface area contributed by atoms with Gasteiger partial charge >= 0.3 is 0 Å². The summed E-state index contributed by atoms with van der Waals surface area (Å²) in [6.07, 6.45) is 18.2. The van der Waals surface area contributed by atoms with Crippen LogP contribution >= 0.6 is 0 Å². The fourth-order valence-electron chi connectivity index (χ4n) is 4.70. The van der Waals surface area contributed by atoms with Crippen molar-refractivity contribution in [3.05, 3.63) is 114 Å². The SMILES string of the molecule is C.C.C.C.CC(C)c1ccnn1C.CC(C)c1cn[nH]c1.CC(C)c1cnn(C(C)C)c1.CC(C)c1cnn(C)c1.CC(C)c1ncco1.CC(C)c1nnco1.Cc1noc(C(C)C)n1. The summed E-state index contributed by atoms with van der Waals surface area (Å²) in [5.41, 5.74) is 5.18. The van der Waals surface area contributed by atoms with Crippen LogP contribution in [0.1, 0.15) is 234 Å². The highest BCUT2D eigenvalue weighted by Crippen LogP contribution is 2.15. The number of hydrogen-bond donors (Lipinski definition) is 1. The fraction of sp³-hybridized carbons (Fsp3) is 0.620. The highest BCUT2D eigenvalue weighted by molar-refractivity contribution is 5.09. The minimum Gasteiger partial charge on any atom is -0.449 e. The molecule has 0 unspecified atom stereocenters. The van der Waals surface area contributed by atoms with Crippen molar-refractivity contribution in [2.75, 3.05) is 0 Å². The van der Waals surface area contributed by atoms with Crippen molar-refractivity contribution in [2.24, 2.45) is 14.1 Å². The molecular weight excluding hydrogens is 831 g/mol. The van der Waals surface area contributed by atoms with E-state index in [1.165, 1.54) is 28.8 Å². The van der Waals surface area contributed by atoms with Crippen LogP contribution in [0.3, 0.4) is 0 Å². The Labute approximate surface area is 400 Å². The minimum absolute atomic E-state index is 0. The van der Waals surface area contributed by atoms with Crippen LogP contribution in [-0.4, -0.2) is 64.9 Å². The number of H-pyrrole nitrogens is 1. The maximum Gasteiger partial charge on any atom is 0.229 e. The molecule has 0 bridgehead atoms. The first-order valence-electron chi connectivity index (χ1n) is 21.6. The van der Waals surface area contributed by atoms with Crippen molar-refractivity contribution in [3.8, 4) is 0 Å². The topological polar surface area (TPSA) is 186 Å². The molecule has 66 heavy (non-hydrogen) atoms. The van der Waals surface area contributed by atoms with E-state index in [0.717, 1.165) is 5.89 Å². The third-order valence-corrected chi connectivity index (χ3v) is 8.70. The molecule has 0 aliphatic rings. The highest BCUT2D eigenvalue weighted by atomic mass is 16.5. The van der Waals surface area contributed by atoms with Crippen molar-refractivity contribution < 1.29 is 13.4 Å². The Hall–Kier alpha value is -5.67. The smallest absolute Gasteiger partial charge is 0.229 e. The monoisotopic (exact) mass is 924 g/mol. The van der Waals surface area contributed by atoms with Gasteiger partial charge in [0, 0.05) is 68.4 Å². The molecule has 376 valence electrons. The molecule has 0 radical (unpaired) electrons. The van der Waals surface area contributed by atoms with Gasteiger partial charge in [0.25, 0.3) is 0 Å². The molecule has 0 fully saturated rings. The molecule has 16 nitrogen and oxygen atoms in total. The molecule has 0 amide bonds. The Balaban J connectivity index is -0.000000337. The maximum atomic E-state index is 4.98. The maximum absolute atomic E-state index is 4.98. The van der Waals surface area contributed by atoms with Gasteiger partial charge in [0.2, 0.25) is 18.2 Å². The fourth-order valence-corrected chi connectivity index (χ4v) is 4.70. The Kier molecular flexibility index (Phi) is 36.1. The van der Waals surface area contributed by atoms with Gasteiger partial charge < -0.3 is 13.4 Å². The van der Waals surface area contributed by atoms with E-state index in [-0.39, 0.29) is 29.7 Å². The lowest BCUT2D eigenvalue weighted by Crippen LogP contribution is -1.99. The first-order valence-corrected chi connectivity index (χ1v) is 21.6. The van der Waals surface area contributed by atoms with Gasteiger partial charge in [-0.1, -0.05) is 132 Å². The quantitative estimate of drug-likeness (QED) is 0.152. The van der Waals surface area contributed by atoms with Gasteiger partial charge in [-0.2, -0.15) is 25.4 Å². The summed E-state index contributed by atoms with van der Waals surface area (Å²) in [6, 6.07) is 2.52. The van der Waals surface area contributed by atoms with Crippen LogP contribution in [0.15, 0.2) is 81.7 Å². The second-order valence-electron chi connectivity index (χ2n) is 17.1. The van der Waals surface area contributed by atoms with E-state index in [9.17, 15) is 0 Å². The summed E-state index contributed by atoms with van der Waals surface area (Å²) >= 11 is 0. The van der Waals surface area contributed by atoms with Gasteiger partial charge in [0.15, 0.2) is 11.7 Å². The molecule has 7 rings (SSSR count). The average Bonchev–Trinajstić information content (AvgIpc) is 4.06. The summed E-state index contributed by atoms with van der Waals surface area (Å²) in [4.78, 5) is 7.98. The molecule has 7 heterocycles. The zero-order chi connectivity index (χ0) is 46.9. The van der Waals surface area contributed by atoms with Gasteiger partial charge in [-0.15, -0.1) is 10.2 Å². The standard InChI is InChI=1S/C9H16N2.2C7H12N2.C6H10N2O.C6H10N2.C6H9NO.C5H8N2O.4CH4/c1-7(2)9-5-10-11(6-9)8(3)4;1-6(2)7-4-8-9(3)5-7;1-6(2)7-4-5-8-9(7)3;1-4(2)6-7-5(3)8-9-6;1-5(2)6-3-7-8-4-6;1-5(2)6-7-3-4-8-6;1-4(2)5-7-6-3-8-5;;;;/h5-8H,1-4H3;2*4-6H,1-3H3;4H,1-3H3;3-5H,1-2H3,(H,7,8);3-5H,1-2H3;3-4H,1-2H3;4*1H4. The van der Waals surface area contributed by atoms with Gasteiger partial charge in [0.1, 0.15) is 6.26 Å². The molecular formula is C50H93N13O3. The number of rotatable bonds is 8. The normalized spacial score (nSPS) is 10.0. The summed E-state index contributed by atoms with van der Waals surface area (Å²) in [7, 11) is 3.90. The van der Waals surface area contributed by atoms with Crippen LogP contribution in [0, 0.1) is 6.92 Å². The number of nitrogens with one attached hydrogen (secondary N) is 1. The molecule has 0 aliphatic heterocycles. The molecule has 7 aromatic rings. The van der Waals surface area contributed by atoms with Gasteiger partial charge in [-0.3, -0.25) is 19.1 Å². The van der Waals surface area contributed by atoms with Gasteiger partial charge in [-0.05, 0) is 67.2 Å². The highest BCUT2D eigenvalue weighted by Gasteiger charge is 2.07. The number of aryl methyl sites for hydroxylation is 3. The molecule has 1 N–H and O–H groups in total. The Morgan fingerprint density at radius 1 is 0.576 bits per heavy atom. The van der Waals surface area contributed by atoms with E-state index >= 15 is 0 Å². The summed E-state index contributed by atoms with van der Waals surface area (Å²) in [5.74, 6) is 6.38. The lowest BCUT2D eigenvalue weighted by atomic mass is 10.1. The van der Waals surface area contributed by atoms with Crippen molar-refractivity contribution in [2.45, 2.75) is 195 Å². The van der Waals surface area contributed by atoms with E-state index in [0.29, 0.717) is 65.1 Å². The third-order valence-electron chi connectivity index (χ3n) is 8.70. The minimum atomic E-state index is 0. The zero-order valence-electron chi connectivity index (χ0n) is 41.1. The number of nitrogens with zero attached hydrogens (tertiary/aromatic N) is 12. The van der Waals surface area contributed by atoms with E-state index in [4.69, 9.17) is 13.4 Å². The Morgan fingerprint density at radius 3 is 1.36 bits per heavy atom. The van der Waals surface area contributed by atoms with Crippen LogP contribution in [-0.2, 0) is 14.1 Å². The van der Waals surface area contributed by atoms with E-state index in [2.05, 4.69) is 126 Å². The lowest BCUT2D eigenvalue weighted by Gasteiger charge is -2.03. The number of hydrogen-bond acceptors (Lipinski definition) is 12. The third kappa shape index (κ3) is 27.0. The summed E-state index contributed by atoms with van der Waals surface area (Å²) in [6.45, 7) is 35.5. The Bertz CT molecular complexity index is 1910. The number of oxazole rings is 1. The zero-order valence-corrected chi connectivity index (χ0v) is 41.1. The molecule has 0 saturated carbocycles. The number of aromatic amines is 1. The van der Waals surface area contributed by atoms with Crippen LogP contribution in [0.4, 0.5) is 0 Å². The van der Waals surface area contributed by atoms with E-state index in [1.807, 2.05) is 120 Å². The van der Waals surface area contributed by atoms with Crippen LogP contribution in [0.5, 0.6) is 0 Å². The van der Waals surface area contributed by atoms with E-state index < -0.39 is 0 Å². The van der Waals surface area contributed by atoms with Crippen molar-refractivity contribution in [1.29, 1.82) is 0 Å². The molecule has 0 spiro atoms. The van der Waals surface area contributed by atoms with Crippen LogP contribution in [0.2, 0.25) is 0 Å². The van der Waals surface area contributed by atoms with Crippen molar-refractivity contribution >= 4 is 0 Å². The second-order valence-corrected chi connectivity index (χ2v) is 17.1. The largest absolute Gasteiger partial charge is 0.449 e. The van der Waals surface area contributed by atoms with Crippen molar-refractivity contribution in [3.63, 3.8) is 0 Å². The predicted octanol–water partition coefficient (Wildman–Crippen LogP) is 14.2. The predicted molar refractivity (Wildman–Crippen MR) is 273 cm³/mol. The molecule has 0 saturated heterocycles. The first kappa shape index (κ1) is 66.9. The molecule has 0 atom stereocenters. The summed E-state index contributed by atoms with van der Waals surface area (Å²) < 4.78 is 20.5. The van der Waals surface area contributed by atoms with Crippen molar-refractivity contribution in [1.82, 2.24) is 64.9 Å². The first-order chi connectivity index (χ1) is 29.1. The summed E-state index contributed by atoms with van der Waals surface area (Å²) in [5, 5.41) is 29.8. The molecule has 16 heteroatoms. The molecule has 0 aromatic carbocycles. The van der Waals surface area contributed by atoms with Gasteiger partial charge in [-0.25, -0.2) is 4.98 Å². The molecule has 0 aliphatic carbocycles. The molecule has 7 aromatic heterocycles. The van der Waals surface area contributed by atoms with Crippen LogP contribution < -0.4 is 0 Å². The Morgan fingerprint density at radius 2 is 1.14 bits per heavy atom. The van der Waals surface area contributed by atoms with Gasteiger partial charge in [0.05, 0.1) is 24.8 Å². The average molecular weight is 924 g/mol.